The lowest BCUT2D eigenvalue weighted by molar-refractivity contribution is -0.137. The van der Waals surface area contributed by atoms with E-state index in [2.05, 4.69) is 15.0 Å². The number of aryl methyl sites for hydroxylation is 1. The monoisotopic (exact) mass is 314 g/mol. The highest BCUT2D eigenvalue weighted by molar-refractivity contribution is 7.89. The van der Waals surface area contributed by atoms with Gasteiger partial charge in [-0.3, -0.25) is 14.4 Å². The van der Waals surface area contributed by atoms with Gasteiger partial charge in [-0.1, -0.05) is 12.1 Å². The zero-order chi connectivity index (χ0) is 15.5. The summed E-state index contributed by atoms with van der Waals surface area (Å²) in [4.78, 5) is 26.4. The van der Waals surface area contributed by atoms with Crippen molar-refractivity contribution >= 4 is 21.9 Å². The number of sulfonamides is 1. The maximum Gasteiger partial charge on any atom is 0.303 e. The van der Waals surface area contributed by atoms with Crippen LogP contribution < -0.4 is 10.2 Å². The zero-order valence-corrected chi connectivity index (χ0v) is 11.7. The van der Waals surface area contributed by atoms with Crippen LogP contribution in [0.4, 0.5) is 0 Å². The van der Waals surface area contributed by atoms with Crippen LogP contribution in [0.5, 0.6) is 0 Å². The number of benzene rings is 1. The highest BCUT2D eigenvalue weighted by Crippen LogP contribution is 2.13. The van der Waals surface area contributed by atoms with Crippen molar-refractivity contribution in [3.63, 3.8) is 0 Å². The molecule has 0 unspecified atom stereocenters. The lowest BCUT2D eigenvalue weighted by Crippen LogP contribution is -2.41. The van der Waals surface area contributed by atoms with Crippen molar-refractivity contribution in [2.24, 2.45) is 0 Å². The van der Waals surface area contributed by atoms with Gasteiger partial charge in [-0.2, -0.15) is 4.72 Å². The van der Waals surface area contributed by atoms with Crippen LogP contribution in [0.1, 0.15) is 12.0 Å². The minimum absolute atomic E-state index is 0.00118. The summed E-state index contributed by atoms with van der Waals surface area (Å²) in [7, 11) is -3.83. The molecule has 9 heteroatoms. The summed E-state index contributed by atoms with van der Waals surface area (Å²) >= 11 is 0. The molecule has 0 aliphatic carbocycles. The number of hydroxylamine groups is 1. The van der Waals surface area contributed by atoms with E-state index in [9.17, 15) is 18.0 Å². The predicted octanol–water partition coefficient (Wildman–Crippen LogP) is -0.588. The Labute approximate surface area is 121 Å². The number of nitrogens with one attached hydrogen (secondary N) is 2. The molecule has 1 saturated heterocycles. The van der Waals surface area contributed by atoms with Crippen molar-refractivity contribution in [2.75, 3.05) is 6.61 Å². The highest BCUT2D eigenvalue weighted by Gasteiger charge is 2.30. The first-order valence-corrected chi connectivity index (χ1v) is 7.61. The lowest BCUT2D eigenvalue weighted by atomic mass is 10.1. The molecule has 2 rings (SSSR count). The van der Waals surface area contributed by atoms with Crippen LogP contribution in [0.25, 0.3) is 0 Å². The molecule has 0 saturated carbocycles. The van der Waals surface area contributed by atoms with Gasteiger partial charge in [0.15, 0.2) is 0 Å². The van der Waals surface area contributed by atoms with E-state index < -0.39 is 27.9 Å². The van der Waals surface area contributed by atoms with Crippen LogP contribution in [0.3, 0.4) is 0 Å². The summed E-state index contributed by atoms with van der Waals surface area (Å²) in [5.74, 6) is -1.46. The molecule has 1 heterocycles. The molecule has 3 N–H and O–H groups in total. The normalized spacial score (nSPS) is 18.5. The van der Waals surface area contributed by atoms with Crippen molar-refractivity contribution in [3.8, 4) is 0 Å². The summed E-state index contributed by atoms with van der Waals surface area (Å²) in [6.07, 6.45) is 0.298. The van der Waals surface area contributed by atoms with E-state index in [1.165, 1.54) is 12.1 Å². The van der Waals surface area contributed by atoms with E-state index in [0.29, 0.717) is 6.42 Å². The summed E-state index contributed by atoms with van der Waals surface area (Å²) < 4.78 is 26.4. The van der Waals surface area contributed by atoms with Gasteiger partial charge in [0.25, 0.3) is 5.91 Å². The first-order chi connectivity index (χ1) is 9.88. The molecule has 0 radical (unpaired) electrons. The average molecular weight is 314 g/mol. The Hall–Kier alpha value is -1.97. The number of rotatable bonds is 6. The fourth-order valence-electron chi connectivity index (χ4n) is 1.77. The van der Waals surface area contributed by atoms with Gasteiger partial charge in [0.05, 0.1) is 4.90 Å². The highest BCUT2D eigenvalue weighted by atomic mass is 32.2. The number of carboxylic acid groups (broad SMARTS) is 1. The van der Waals surface area contributed by atoms with E-state index in [-0.39, 0.29) is 17.9 Å². The standard InChI is InChI=1S/C12H14N2O6S/c15-11(16)6-3-8-1-4-9(5-2-8)21(18,19)14-10-7-20-13-12(10)17/h1-2,4-5,10,14H,3,6-7H2,(H,13,17)(H,15,16)/t10-/m1/s1. The van der Waals surface area contributed by atoms with E-state index >= 15 is 0 Å². The van der Waals surface area contributed by atoms with Gasteiger partial charge in [0.2, 0.25) is 10.0 Å². The van der Waals surface area contributed by atoms with Gasteiger partial charge in [-0.05, 0) is 24.1 Å². The number of carbonyl (C=O) groups excluding carboxylic acids is 1. The Balaban J connectivity index is 2.06. The number of aliphatic carboxylic acids is 1. The van der Waals surface area contributed by atoms with E-state index in [1.54, 1.807) is 12.1 Å². The zero-order valence-electron chi connectivity index (χ0n) is 10.9. The van der Waals surface area contributed by atoms with E-state index in [4.69, 9.17) is 5.11 Å². The van der Waals surface area contributed by atoms with Gasteiger partial charge in [-0.25, -0.2) is 13.9 Å². The molecular weight excluding hydrogens is 300 g/mol. The maximum atomic E-state index is 12.1. The van der Waals surface area contributed by atoms with E-state index in [1.807, 2.05) is 0 Å². The lowest BCUT2D eigenvalue weighted by Gasteiger charge is -2.10. The minimum atomic E-state index is -3.83. The molecule has 1 aromatic rings. The smallest absolute Gasteiger partial charge is 0.303 e. The third-order valence-corrected chi connectivity index (χ3v) is 4.39. The van der Waals surface area contributed by atoms with Crippen molar-refractivity contribution in [1.29, 1.82) is 0 Å². The third kappa shape index (κ3) is 4.00. The molecule has 0 aromatic heterocycles. The summed E-state index contributed by atoms with van der Waals surface area (Å²) in [6, 6.07) is 4.87. The van der Waals surface area contributed by atoms with Gasteiger partial charge < -0.3 is 5.11 Å². The Kier molecular flexibility index (Phi) is 4.56. The second kappa shape index (κ2) is 6.20. The molecule has 0 bridgehead atoms. The molecule has 8 nitrogen and oxygen atoms in total. The fourth-order valence-corrected chi connectivity index (χ4v) is 2.95. The molecular formula is C12H14N2O6S. The number of carbonyl (C=O) groups is 2. The average Bonchev–Trinajstić information content (AvgIpc) is 2.82. The topological polar surface area (TPSA) is 122 Å². The molecule has 1 atom stereocenters. The third-order valence-electron chi connectivity index (χ3n) is 2.90. The van der Waals surface area contributed by atoms with Crippen molar-refractivity contribution in [1.82, 2.24) is 10.2 Å². The van der Waals surface area contributed by atoms with Gasteiger partial charge in [-0.15, -0.1) is 0 Å². The summed E-state index contributed by atoms with van der Waals surface area (Å²) in [5, 5.41) is 8.59. The number of hydrogen-bond acceptors (Lipinski definition) is 5. The van der Waals surface area contributed by atoms with Crippen LogP contribution in [0.2, 0.25) is 0 Å². The first-order valence-electron chi connectivity index (χ1n) is 6.13. The van der Waals surface area contributed by atoms with Gasteiger partial charge in [0, 0.05) is 6.42 Å². The second-order valence-electron chi connectivity index (χ2n) is 4.49. The van der Waals surface area contributed by atoms with Crippen molar-refractivity contribution in [3.05, 3.63) is 29.8 Å². The maximum absolute atomic E-state index is 12.1. The number of amides is 1. The summed E-state index contributed by atoms with van der Waals surface area (Å²) in [5.41, 5.74) is 2.78. The van der Waals surface area contributed by atoms with Gasteiger partial charge >= 0.3 is 5.97 Å². The molecule has 1 fully saturated rings. The molecule has 1 aliphatic rings. The SMILES string of the molecule is O=C(O)CCc1ccc(S(=O)(=O)N[C@@H]2CONC2=O)cc1. The van der Waals surface area contributed by atoms with Crippen molar-refractivity contribution in [2.45, 2.75) is 23.8 Å². The quantitative estimate of drug-likeness (QED) is 0.645. The number of carboxylic acids is 1. The first kappa shape index (κ1) is 15.4. The molecule has 1 aromatic carbocycles. The van der Waals surface area contributed by atoms with Crippen LogP contribution >= 0.6 is 0 Å². The fraction of sp³-hybridized carbons (Fsp3) is 0.333. The molecule has 114 valence electrons. The molecule has 21 heavy (non-hydrogen) atoms. The Morgan fingerprint density at radius 2 is 2.05 bits per heavy atom. The molecule has 1 amide bonds. The number of hydrogen-bond donors (Lipinski definition) is 3. The van der Waals surface area contributed by atoms with Crippen LogP contribution in [0.15, 0.2) is 29.2 Å². The minimum Gasteiger partial charge on any atom is -0.481 e. The Bertz CT molecular complexity index is 640. The summed E-state index contributed by atoms with van der Waals surface area (Å²) in [6.45, 7) is -0.0746. The largest absolute Gasteiger partial charge is 0.481 e. The van der Waals surface area contributed by atoms with Crippen LogP contribution in [-0.4, -0.2) is 38.0 Å². The van der Waals surface area contributed by atoms with E-state index in [0.717, 1.165) is 5.56 Å². The molecule has 1 aliphatic heterocycles. The van der Waals surface area contributed by atoms with Gasteiger partial charge in [0.1, 0.15) is 12.6 Å². The predicted molar refractivity (Wildman–Crippen MR) is 70.6 cm³/mol. The van der Waals surface area contributed by atoms with Crippen molar-refractivity contribution < 1.29 is 28.0 Å². The molecule has 0 spiro atoms. The Morgan fingerprint density at radius 1 is 1.38 bits per heavy atom. The van der Waals surface area contributed by atoms with Crippen LogP contribution in [0, 0.1) is 0 Å². The Morgan fingerprint density at radius 3 is 2.57 bits per heavy atom. The second-order valence-corrected chi connectivity index (χ2v) is 6.20. The van der Waals surface area contributed by atoms with Crippen LogP contribution in [-0.2, 0) is 30.9 Å².